The van der Waals surface area contributed by atoms with E-state index in [-0.39, 0.29) is 51.2 Å². The van der Waals surface area contributed by atoms with Crippen LogP contribution in [0.4, 0.5) is 0 Å². The normalized spacial score (nSPS) is 15.1. The molecule has 1 heterocycles. The number of esters is 2. The second kappa shape index (κ2) is 9.83. The Kier molecular flexibility index (Phi) is 8.06. The van der Waals surface area contributed by atoms with Gasteiger partial charge in [0.15, 0.2) is 0 Å². The van der Waals surface area contributed by atoms with Gasteiger partial charge in [-0.2, -0.15) is 0 Å². The van der Waals surface area contributed by atoms with Crippen molar-refractivity contribution in [1.29, 1.82) is 0 Å². The van der Waals surface area contributed by atoms with Crippen molar-refractivity contribution in [1.82, 2.24) is 0 Å². The molecule has 0 amide bonds. The molecular formula is C15H22O7. The maximum atomic E-state index is 11.5. The zero-order valence-corrected chi connectivity index (χ0v) is 12.6. The summed E-state index contributed by atoms with van der Waals surface area (Å²) in [6, 6.07) is 0. The third-order valence-corrected chi connectivity index (χ3v) is 2.98. The van der Waals surface area contributed by atoms with E-state index in [1.807, 2.05) is 0 Å². The van der Waals surface area contributed by atoms with Crippen LogP contribution >= 0.6 is 0 Å². The summed E-state index contributed by atoms with van der Waals surface area (Å²) in [5, 5.41) is 0. The van der Waals surface area contributed by atoms with Crippen molar-refractivity contribution in [2.75, 3.05) is 39.6 Å². The molecule has 1 aliphatic heterocycles. The molecular weight excluding hydrogens is 292 g/mol. The van der Waals surface area contributed by atoms with Crippen LogP contribution in [0.25, 0.3) is 0 Å². The monoisotopic (exact) mass is 314 g/mol. The van der Waals surface area contributed by atoms with Gasteiger partial charge >= 0.3 is 11.9 Å². The fraction of sp³-hybridized carbons (Fsp3) is 0.600. The molecule has 0 saturated carbocycles. The van der Waals surface area contributed by atoms with Crippen LogP contribution in [0.3, 0.4) is 0 Å². The Bertz CT molecular complexity index is 355. The number of hydrogen-bond acceptors (Lipinski definition) is 7. The van der Waals surface area contributed by atoms with Crippen LogP contribution in [-0.4, -0.2) is 51.6 Å². The Balaban J connectivity index is 2.23. The topological polar surface area (TPSA) is 80.3 Å². The molecule has 0 aliphatic carbocycles. The van der Waals surface area contributed by atoms with Gasteiger partial charge in [-0.25, -0.2) is 0 Å². The second-order valence-electron chi connectivity index (χ2n) is 4.89. The molecule has 0 aromatic heterocycles. The average molecular weight is 314 g/mol. The van der Waals surface area contributed by atoms with Crippen molar-refractivity contribution >= 4 is 11.9 Å². The second-order valence-corrected chi connectivity index (χ2v) is 4.89. The maximum Gasteiger partial charge on any atom is 0.309 e. The van der Waals surface area contributed by atoms with Gasteiger partial charge < -0.3 is 23.7 Å². The predicted octanol–water partition coefficient (Wildman–Crippen LogP) is 1.19. The van der Waals surface area contributed by atoms with Crippen molar-refractivity contribution in [3.63, 3.8) is 0 Å². The highest BCUT2D eigenvalue weighted by molar-refractivity contribution is 5.70. The largest absolute Gasteiger partial charge is 0.501 e. The van der Waals surface area contributed by atoms with Crippen LogP contribution in [0.1, 0.15) is 12.8 Å². The molecule has 1 aliphatic rings. The molecule has 0 spiro atoms. The third-order valence-electron chi connectivity index (χ3n) is 2.98. The Morgan fingerprint density at radius 1 is 0.955 bits per heavy atom. The molecule has 1 fully saturated rings. The van der Waals surface area contributed by atoms with Crippen molar-refractivity contribution in [2.24, 2.45) is 5.41 Å². The van der Waals surface area contributed by atoms with Crippen LogP contribution in [0, 0.1) is 5.41 Å². The lowest BCUT2D eigenvalue weighted by Crippen LogP contribution is -2.50. The molecule has 7 heteroatoms. The van der Waals surface area contributed by atoms with Gasteiger partial charge in [-0.05, 0) is 0 Å². The van der Waals surface area contributed by atoms with Gasteiger partial charge in [0.25, 0.3) is 0 Å². The minimum atomic E-state index is -0.454. The minimum absolute atomic E-state index is 0.141. The summed E-state index contributed by atoms with van der Waals surface area (Å²) >= 11 is 0. The lowest BCUT2D eigenvalue weighted by Gasteiger charge is -2.39. The van der Waals surface area contributed by atoms with Crippen LogP contribution in [-0.2, 0) is 33.3 Å². The van der Waals surface area contributed by atoms with Gasteiger partial charge in [0, 0.05) is 0 Å². The van der Waals surface area contributed by atoms with Crippen molar-refractivity contribution in [3.8, 4) is 0 Å². The van der Waals surface area contributed by atoms with Gasteiger partial charge in [0.05, 0.1) is 57.2 Å². The van der Waals surface area contributed by atoms with E-state index in [0.29, 0.717) is 13.2 Å². The van der Waals surface area contributed by atoms with E-state index in [0.717, 1.165) is 0 Å². The smallest absolute Gasteiger partial charge is 0.309 e. The summed E-state index contributed by atoms with van der Waals surface area (Å²) in [5.41, 5.74) is -0.454. The molecule has 0 radical (unpaired) electrons. The van der Waals surface area contributed by atoms with E-state index >= 15 is 0 Å². The summed E-state index contributed by atoms with van der Waals surface area (Å²) in [5.74, 6) is -0.752. The number of hydrogen-bond donors (Lipinski definition) is 0. The predicted molar refractivity (Wildman–Crippen MR) is 76.7 cm³/mol. The van der Waals surface area contributed by atoms with Crippen molar-refractivity contribution in [3.05, 3.63) is 25.7 Å². The number of rotatable bonds is 12. The van der Waals surface area contributed by atoms with Crippen LogP contribution in [0.15, 0.2) is 25.7 Å². The molecule has 0 unspecified atom stereocenters. The molecule has 124 valence electrons. The number of carbonyl (C=O) groups excluding carboxylic acids is 2. The molecule has 0 bridgehead atoms. The summed E-state index contributed by atoms with van der Waals surface area (Å²) in [6.07, 6.45) is 2.82. The van der Waals surface area contributed by atoms with Crippen molar-refractivity contribution < 1.29 is 33.3 Å². The molecule has 0 atom stereocenters. The van der Waals surface area contributed by atoms with Crippen LogP contribution in [0.5, 0.6) is 0 Å². The first kappa shape index (κ1) is 18.0. The van der Waals surface area contributed by atoms with E-state index in [4.69, 9.17) is 23.7 Å². The van der Waals surface area contributed by atoms with E-state index in [1.54, 1.807) is 0 Å². The van der Waals surface area contributed by atoms with Gasteiger partial charge in [-0.1, -0.05) is 13.2 Å². The molecule has 0 aromatic rings. The summed E-state index contributed by atoms with van der Waals surface area (Å²) in [7, 11) is 0. The van der Waals surface area contributed by atoms with Gasteiger partial charge in [-0.3, -0.25) is 9.59 Å². The standard InChI is InChI=1S/C15H22O7/c1-3-18-7-5-13(16)21-11-15(9-20-10-15)12-22-14(17)6-8-19-4-2/h3-4H,1-2,5-12H2. The lowest BCUT2D eigenvalue weighted by molar-refractivity contribution is -0.190. The molecule has 1 rings (SSSR count). The molecule has 7 nitrogen and oxygen atoms in total. The lowest BCUT2D eigenvalue weighted by atomic mass is 9.88. The highest BCUT2D eigenvalue weighted by Gasteiger charge is 2.41. The molecule has 22 heavy (non-hydrogen) atoms. The quantitative estimate of drug-likeness (QED) is 0.304. The highest BCUT2D eigenvalue weighted by atomic mass is 16.6. The van der Waals surface area contributed by atoms with Crippen LogP contribution < -0.4 is 0 Å². The molecule has 0 N–H and O–H groups in total. The SMILES string of the molecule is C=COCCC(=O)OCC1(COC(=O)CCOC=C)COC1. The van der Waals surface area contributed by atoms with Gasteiger partial charge in [0.1, 0.15) is 13.2 Å². The zero-order chi connectivity index (χ0) is 16.3. The van der Waals surface area contributed by atoms with E-state index < -0.39 is 5.41 Å². The zero-order valence-electron chi connectivity index (χ0n) is 12.6. The Labute approximate surface area is 129 Å². The minimum Gasteiger partial charge on any atom is -0.501 e. The van der Waals surface area contributed by atoms with E-state index in [9.17, 15) is 9.59 Å². The fourth-order valence-electron chi connectivity index (χ4n) is 1.66. The Morgan fingerprint density at radius 2 is 1.41 bits per heavy atom. The van der Waals surface area contributed by atoms with E-state index in [2.05, 4.69) is 13.2 Å². The molecule has 1 saturated heterocycles. The third kappa shape index (κ3) is 6.62. The van der Waals surface area contributed by atoms with Crippen LogP contribution in [0.2, 0.25) is 0 Å². The Hall–Kier alpha value is -2.02. The number of ether oxygens (including phenoxy) is 5. The summed E-state index contributed by atoms with van der Waals surface area (Å²) in [6.45, 7) is 8.29. The summed E-state index contributed by atoms with van der Waals surface area (Å²) in [4.78, 5) is 23.0. The van der Waals surface area contributed by atoms with Gasteiger partial charge in [-0.15, -0.1) is 0 Å². The average Bonchev–Trinajstić information content (AvgIpc) is 2.46. The summed E-state index contributed by atoms with van der Waals surface area (Å²) < 4.78 is 25.2. The van der Waals surface area contributed by atoms with E-state index in [1.165, 1.54) is 12.5 Å². The first-order valence-corrected chi connectivity index (χ1v) is 6.96. The highest BCUT2D eigenvalue weighted by Crippen LogP contribution is 2.28. The van der Waals surface area contributed by atoms with Crippen molar-refractivity contribution in [2.45, 2.75) is 12.8 Å². The fourth-order valence-corrected chi connectivity index (χ4v) is 1.66. The Morgan fingerprint density at radius 3 is 1.73 bits per heavy atom. The molecule has 0 aromatic carbocycles. The first-order chi connectivity index (χ1) is 10.6. The van der Waals surface area contributed by atoms with Gasteiger partial charge in [0.2, 0.25) is 0 Å². The maximum absolute atomic E-state index is 11.5. The number of carbonyl (C=O) groups is 2. The first-order valence-electron chi connectivity index (χ1n) is 6.96.